The molecule has 1 aliphatic rings. The molecule has 0 atom stereocenters. The van der Waals surface area contributed by atoms with Crippen LogP contribution in [0.4, 0.5) is 5.69 Å². The van der Waals surface area contributed by atoms with Gasteiger partial charge in [0.25, 0.3) is 0 Å². The highest BCUT2D eigenvalue weighted by Crippen LogP contribution is 2.43. The van der Waals surface area contributed by atoms with Crippen LogP contribution in [0.1, 0.15) is 50.3 Å². The Balaban J connectivity index is 0.000000292. The van der Waals surface area contributed by atoms with Crippen LogP contribution in [-0.4, -0.2) is 11.1 Å². The zero-order valence-corrected chi connectivity index (χ0v) is 21.7. The van der Waals surface area contributed by atoms with Gasteiger partial charge in [-0.2, -0.15) is 0 Å². The number of aliphatic carboxylic acids is 1. The Morgan fingerprint density at radius 2 is 1.88 bits per heavy atom. The second-order valence-electron chi connectivity index (χ2n) is 9.15. The summed E-state index contributed by atoms with van der Waals surface area (Å²) >= 11 is 8.00. The number of rotatable bonds is 4. The van der Waals surface area contributed by atoms with E-state index >= 15 is 0 Å². The van der Waals surface area contributed by atoms with Crippen molar-refractivity contribution in [3.63, 3.8) is 0 Å². The molecule has 2 N–H and O–H groups in total. The molecule has 4 nitrogen and oxygen atoms in total. The number of fused-ring (bicyclic) bond motifs is 2. The van der Waals surface area contributed by atoms with Crippen molar-refractivity contribution in [1.29, 1.82) is 0 Å². The lowest BCUT2D eigenvalue weighted by molar-refractivity contribution is -0.644. The van der Waals surface area contributed by atoms with Crippen molar-refractivity contribution in [1.82, 2.24) is 0 Å². The zero-order valence-electron chi connectivity index (χ0n) is 20.1. The highest BCUT2D eigenvalue weighted by Gasteiger charge is 2.25. The number of carboxylic acid groups (broad SMARTS) is 1. The van der Waals surface area contributed by atoms with Gasteiger partial charge in [0, 0.05) is 22.1 Å². The summed E-state index contributed by atoms with van der Waals surface area (Å²) in [5, 5.41) is 15.2. The van der Waals surface area contributed by atoms with E-state index in [0.29, 0.717) is 0 Å². The van der Waals surface area contributed by atoms with Crippen LogP contribution in [0.5, 0.6) is 0 Å². The average molecular weight is 484 g/mol. The van der Waals surface area contributed by atoms with Crippen molar-refractivity contribution in [2.24, 2.45) is 12.5 Å². The lowest BCUT2D eigenvalue weighted by atomic mass is 9.88. The number of nitrogens with zero attached hydrogens (tertiary/aromatic N) is 1. The summed E-state index contributed by atoms with van der Waals surface area (Å²) in [5.74, 6) is -0.704. The maximum absolute atomic E-state index is 10.4. The molecule has 1 aromatic heterocycles. The van der Waals surface area contributed by atoms with E-state index in [4.69, 9.17) is 16.7 Å². The molecule has 0 amide bonds. The molecule has 6 heteroatoms. The van der Waals surface area contributed by atoms with E-state index in [1.807, 2.05) is 19.1 Å². The first-order chi connectivity index (χ1) is 15.5. The summed E-state index contributed by atoms with van der Waals surface area (Å²) in [6.07, 6.45) is 5.97. The van der Waals surface area contributed by atoms with Gasteiger partial charge in [-0.25, -0.2) is 4.57 Å². The number of hydrogen-bond acceptors (Lipinski definition) is 3. The summed E-state index contributed by atoms with van der Waals surface area (Å²) in [7, 11) is 2.05. The minimum atomic E-state index is -0.704. The molecule has 0 aliphatic carbocycles. The molecule has 0 unspecified atom stereocenters. The van der Waals surface area contributed by atoms with Gasteiger partial charge in [0.1, 0.15) is 7.05 Å². The monoisotopic (exact) mass is 483 g/mol. The van der Waals surface area contributed by atoms with Crippen molar-refractivity contribution in [2.75, 3.05) is 5.32 Å². The smallest absolute Gasteiger partial charge is 0.309 e. The number of nitrogens with one attached hydrogen (secondary N) is 1. The van der Waals surface area contributed by atoms with Crippen LogP contribution >= 0.6 is 23.4 Å². The van der Waals surface area contributed by atoms with E-state index in [1.54, 1.807) is 25.6 Å². The van der Waals surface area contributed by atoms with Gasteiger partial charge in [0.05, 0.1) is 21.5 Å². The molecule has 0 saturated heterocycles. The van der Waals surface area contributed by atoms with Gasteiger partial charge >= 0.3 is 5.97 Å². The fourth-order valence-electron chi connectivity index (χ4n) is 3.72. The van der Waals surface area contributed by atoms with E-state index in [2.05, 4.69) is 67.3 Å². The fraction of sp³-hybridized carbons (Fsp3) is 0.333. The number of halogens is 1. The highest BCUT2D eigenvalue weighted by atomic mass is 35.5. The molecule has 0 radical (unpaired) electrons. The minimum absolute atomic E-state index is 0.533. The second kappa shape index (κ2) is 10.2. The Kier molecular flexibility index (Phi) is 7.76. The van der Waals surface area contributed by atoms with E-state index in [-0.39, 0.29) is 0 Å². The molecule has 4 rings (SSSR count). The summed E-state index contributed by atoms with van der Waals surface area (Å²) < 4.78 is 2.12. The maximum Gasteiger partial charge on any atom is 0.309 e. The Labute approximate surface area is 205 Å². The maximum atomic E-state index is 10.4. The third kappa shape index (κ3) is 5.90. The van der Waals surface area contributed by atoms with E-state index in [1.165, 1.54) is 32.8 Å². The molecule has 1 aliphatic heterocycles. The van der Waals surface area contributed by atoms with Gasteiger partial charge < -0.3 is 10.4 Å². The van der Waals surface area contributed by atoms with Crippen molar-refractivity contribution < 1.29 is 14.5 Å². The third-order valence-electron chi connectivity index (χ3n) is 5.94. The Morgan fingerprint density at radius 3 is 2.52 bits per heavy atom. The van der Waals surface area contributed by atoms with Crippen LogP contribution in [0.2, 0.25) is 5.02 Å². The van der Waals surface area contributed by atoms with Crippen LogP contribution in [0.3, 0.4) is 0 Å². The number of carbonyl (C=O) groups is 1. The topological polar surface area (TPSA) is 53.2 Å². The second-order valence-corrected chi connectivity index (χ2v) is 10.7. The number of carboxylic acids is 1. The lowest BCUT2D eigenvalue weighted by Gasteiger charge is -2.16. The molecule has 33 heavy (non-hydrogen) atoms. The normalized spacial score (nSPS) is 14.0. The summed E-state index contributed by atoms with van der Waals surface area (Å²) in [6, 6.07) is 12.6. The molecule has 0 fully saturated rings. The van der Waals surface area contributed by atoms with Crippen LogP contribution < -0.4 is 9.88 Å². The summed E-state index contributed by atoms with van der Waals surface area (Å²) in [4.78, 5) is 11.7. The van der Waals surface area contributed by atoms with Crippen LogP contribution in [0.25, 0.3) is 17.0 Å². The van der Waals surface area contributed by atoms with Gasteiger partial charge in [-0.05, 0) is 81.1 Å². The van der Waals surface area contributed by atoms with Gasteiger partial charge in [-0.15, -0.1) is 0 Å². The van der Waals surface area contributed by atoms with Crippen LogP contribution in [-0.2, 0) is 11.8 Å². The summed E-state index contributed by atoms with van der Waals surface area (Å²) in [6.45, 7) is 9.79. The number of anilines is 1. The lowest BCUT2D eigenvalue weighted by Crippen LogP contribution is -2.28. The first-order valence-electron chi connectivity index (χ1n) is 11.1. The highest BCUT2D eigenvalue weighted by molar-refractivity contribution is 8.03. The van der Waals surface area contributed by atoms with Crippen LogP contribution in [0, 0.1) is 19.3 Å². The standard InChI is InChI=1S/C20H17ClN2S.C7H14O2/c1-12-8-17-19(9-13(12)2)24-20(22-17)10-14-6-7-23(3)18-5-4-15(21)11-16(14)18;1-4-5-7(2,3)6(8)9/h4-11H,1-3H3;4-5H2,1-3H3,(H,8,9)/p+1. The Hall–Kier alpha value is -2.50. The average Bonchev–Trinajstić information content (AvgIpc) is 3.11. The van der Waals surface area contributed by atoms with Crippen molar-refractivity contribution in [3.8, 4) is 0 Å². The van der Waals surface area contributed by atoms with E-state index < -0.39 is 11.4 Å². The van der Waals surface area contributed by atoms with Crippen LogP contribution in [0.15, 0.2) is 52.5 Å². The number of pyridine rings is 1. The number of hydrogen-bond donors (Lipinski definition) is 2. The predicted molar refractivity (Wildman–Crippen MR) is 140 cm³/mol. The van der Waals surface area contributed by atoms with Crippen molar-refractivity contribution >= 4 is 52.0 Å². The number of thioether (sulfide) groups is 1. The number of benzene rings is 2. The van der Waals surface area contributed by atoms with E-state index in [0.717, 1.165) is 28.3 Å². The zero-order chi connectivity index (χ0) is 24.3. The Morgan fingerprint density at radius 1 is 1.18 bits per heavy atom. The number of aromatic nitrogens is 1. The molecule has 0 bridgehead atoms. The van der Waals surface area contributed by atoms with Crippen molar-refractivity contribution in [3.05, 3.63) is 69.3 Å². The van der Waals surface area contributed by atoms with Gasteiger partial charge in [-0.3, -0.25) is 4.79 Å². The minimum Gasteiger partial charge on any atom is -0.481 e. The molecule has 2 heterocycles. The Bertz CT molecular complexity index is 1200. The largest absolute Gasteiger partial charge is 0.481 e. The summed E-state index contributed by atoms with van der Waals surface area (Å²) in [5.41, 5.74) is 5.63. The van der Waals surface area contributed by atoms with Gasteiger partial charge in [0.2, 0.25) is 5.52 Å². The third-order valence-corrected chi connectivity index (χ3v) is 7.17. The SMILES string of the molecule is CCCC(C)(C)C(=O)O.Cc1cc2c(cc1C)S/C(=C\c1cc[n+](C)c3ccc(Cl)cc13)N2. The van der Waals surface area contributed by atoms with Gasteiger partial charge in [0.15, 0.2) is 6.20 Å². The molecular weight excluding hydrogens is 452 g/mol. The first-order valence-corrected chi connectivity index (χ1v) is 12.3. The molecule has 174 valence electrons. The molecule has 2 aromatic carbocycles. The predicted octanol–water partition coefficient (Wildman–Crippen LogP) is 7.35. The van der Waals surface area contributed by atoms with Crippen molar-refractivity contribution in [2.45, 2.75) is 52.4 Å². The quantitative estimate of drug-likeness (QED) is 0.381. The first kappa shape index (κ1) is 25.1. The molecule has 3 aromatic rings. The number of aryl methyl sites for hydroxylation is 3. The van der Waals surface area contributed by atoms with E-state index in [9.17, 15) is 4.79 Å². The molecule has 0 spiro atoms. The van der Waals surface area contributed by atoms with Gasteiger partial charge in [-0.1, -0.05) is 36.7 Å². The fourth-order valence-corrected chi connectivity index (χ4v) is 4.93. The molecule has 0 saturated carbocycles. The molecular formula is C27H32ClN2O2S+.